The average Bonchev–Trinajstić information content (AvgIpc) is 3.00. The van der Waals surface area contributed by atoms with E-state index in [9.17, 15) is 4.79 Å². The van der Waals surface area contributed by atoms with Gasteiger partial charge in [-0.05, 0) is 49.1 Å². The summed E-state index contributed by atoms with van der Waals surface area (Å²) in [6, 6.07) is 9.54. The van der Waals surface area contributed by atoms with Gasteiger partial charge >= 0.3 is 0 Å². The number of rotatable bonds is 5. The Morgan fingerprint density at radius 1 is 1.10 bits per heavy atom. The first-order chi connectivity index (χ1) is 19.4. The lowest BCUT2D eigenvalue weighted by Gasteiger charge is -2.36. The number of fused-ring (bicyclic) bond motifs is 2. The fraction of sp³-hybridized carbons (Fsp3) is 0.333. The standard InChI is InChI=1S/C30H32FN7O2/c1-17-21(15-35-27-26(17)34-12-13-40-27)20-14-23-22(25(32)24(20)31)16-36-29(38-23)37-19-8-6-18(7-9-19)30(28(39)33-2)10-4-3-5-11-30/h6-9,14-16,34H,3-5,10-13,32H2,1-2H3,(H,33,39)(H,36,37,38). The van der Waals surface area contributed by atoms with Crippen molar-refractivity contribution in [2.75, 3.05) is 36.6 Å². The molecule has 1 aliphatic carbocycles. The molecule has 1 aliphatic heterocycles. The van der Waals surface area contributed by atoms with Crippen LogP contribution >= 0.6 is 0 Å². The first kappa shape index (κ1) is 25.8. The Labute approximate surface area is 231 Å². The van der Waals surface area contributed by atoms with Crippen molar-refractivity contribution in [2.24, 2.45) is 0 Å². The van der Waals surface area contributed by atoms with E-state index in [-0.39, 0.29) is 11.6 Å². The zero-order valence-corrected chi connectivity index (χ0v) is 22.6. The van der Waals surface area contributed by atoms with Gasteiger partial charge in [-0.25, -0.2) is 19.3 Å². The van der Waals surface area contributed by atoms with Crippen molar-refractivity contribution in [1.29, 1.82) is 0 Å². The first-order valence-electron chi connectivity index (χ1n) is 13.6. The molecule has 4 aromatic rings. The molecule has 206 valence electrons. The van der Waals surface area contributed by atoms with Gasteiger partial charge in [0, 0.05) is 48.2 Å². The van der Waals surface area contributed by atoms with E-state index < -0.39 is 11.2 Å². The van der Waals surface area contributed by atoms with Crippen LogP contribution in [0.5, 0.6) is 5.88 Å². The topological polar surface area (TPSA) is 127 Å². The molecule has 0 atom stereocenters. The molecule has 40 heavy (non-hydrogen) atoms. The van der Waals surface area contributed by atoms with Gasteiger partial charge in [-0.2, -0.15) is 0 Å². The highest BCUT2D eigenvalue weighted by Crippen LogP contribution is 2.41. The van der Waals surface area contributed by atoms with E-state index in [1.54, 1.807) is 19.3 Å². The van der Waals surface area contributed by atoms with Crippen LogP contribution in [0.3, 0.4) is 0 Å². The number of nitrogen functional groups attached to an aromatic ring is 1. The Hall–Kier alpha value is -4.47. The molecule has 10 heteroatoms. The number of halogens is 1. The molecular formula is C30H32FN7O2. The lowest BCUT2D eigenvalue weighted by atomic mass is 9.68. The Bertz CT molecular complexity index is 1600. The molecule has 1 saturated carbocycles. The van der Waals surface area contributed by atoms with Crippen molar-refractivity contribution in [3.05, 3.63) is 59.7 Å². The summed E-state index contributed by atoms with van der Waals surface area (Å²) < 4.78 is 21.1. The summed E-state index contributed by atoms with van der Waals surface area (Å²) in [5.74, 6) is 0.387. The van der Waals surface area contributed by atoms with E-state index >= 15 is 4.39 Å². The number of anilines is 4. The smallest absolute Gasteiger partial charge is 0.237 e. The van der Waals surface area contributed by atoms with E-state index in [2.05, 4.69) is 30.9 Å². The van der Waals surface area contributed by atoms with Gasteiger partial charge in [0.15, 0.2) is 5.82 Å². The molecule has 1 fully saturated rings. The summed E-state index contributed by atoms with van der Waals surface area (Å²) in [5, 5.41) is 9.81. The minimum Gasteiger partial charge on any atom is -0.474 e. The maximum Gasteiger partial charge on any atom is 0.237 e. The average molecular weight is 542 g/mol. The van der Waals surface area contributed by atoms with Gasteiger partial charge in [0.25, 0.3) is 0 Å². The predicted molar refractivity (Wildman–Crippen MR) is 154 cm³/mol. The third kappa shape index (κ3) is 4.33. The maximum absolute atomic E-state index is 15.5. The van der Waals surface area contributed by atoms with Gasteiger partial charge in [-0.15, -0.1) is 0 Å². The van der Waals surface area contributed by atoms with Gasteiger partial charge in [0.05, 0.1) is 16.6 Å². The van der Waals surface area contributed by atoms with E-state index in [1.165, 1.54) is 6.20 Å². The van der Waals surface area contributed by atoms with Gasteiger partial charge in [0.1, 0.15) is 12.3 Å². The van der Waals surface area contributed by atoms with Crippen molar-refractivity contribution >= 4 is 39.8 Å². The minimum absolute atomic E-state index is 0.0169. The normalized spacial score (nSPS) is 16.0. The van der Waals surface area contributed by atoms with Gasteiger partial charge in [-0.1, -0.05) is 31.4 Å². The second kappa shape index (κ2) is 10.3. The largest absolute Gasteiger partial charge is 0.474 e. The monoisotopic (exact) mass is 541 g/mol. The molecule has 2 aliphatic rings. The van der Waals surface area contributed by atoms with Crippen molar-refractivity contribution in [1.82, 2.24) is 20.3 Å². The van der Waals surface area contributed by atoms with E-state index in [4.69, 9.17) is 10.5 Å². The van der Waals surface area contributed by atoms with E-state index in [0.29, 0.717) is 47.0 Å². The molecule has 0 spiro atoms. The quantitative estimate of drug-likeness (QED) is 0.253. The van der Waals surface area contributed by atoms with Gasteiger partial charge in [-0.3, -0.25) is 4.79 Å². The zero-order valence-electron chi connectivity index (χ0n) is 22.6. The number of hydrogen-bond donors (Lipinski definition) is 4. The maximum atomic E-state index is 15.5. The van der Waals surface area contributed by atoms with Crippen LogP contribution in [-0.2, 0) is 10.2 Å². The number of hydrogen-bond acceptors (Lipinski definition) is 8. The van der Waals surface area contributed by atoms with Crippen LogP contribution in [0.4, 0.5) is 27.4 Å². The van der Waals surface area contributed by atoms with Crippen molar-refractivity contribution in [3.63, 3.8) is 0 Å². The second-order valence-electron chi connectivity index (χ2n) is 10.5. The number of nitrogens with one attached hydrogen (secondary N) is 3. The van der Waals surface area contributed by atoms with Crippen LogP contribution in [0.2, 0.25) is 0 Å². The number of pyridine rings is 1. The second-order valence-corrected chi connectivity index (χ2v) is 10.5. The van der Waals surface area contributed by atoms with Gasteiger partial charge < -0.3 is 26.4 Å². The number of nitrogens with zero attached hydrogens (tertiary/aromatic N) is 3. The molecule has 2 aromatic heterocycles. The third-order valence-electron chi connectivity index (χ3n) is 8.16. The van der Waals surface area contributed by atoms with Crippen LogP contribution < -0.4 is 26.4 Å². The molecule has 6 rings (SSSR count). The number of carbonyl (C=O) groups excluding carboxylic acids is 1. The Morgan fingerprint density at radius 2 is 1.88 bits per heavy atom. The molecule has 2 aromatic carbocycles. The van der Waals surface area contributed by atoms with E-state index in [1.807, 2.05) is 31.2 Å². The van der Waals surface area contributed by atoms with Crippen LogP contribution in [0.1, 0.15) is 43.2 Å². The third-order valence-corrected chi connectivity index (χ3v) is 8.16. The molecule has 0 bridgehead atoms. The molecule has 0 saturated heterocycles. The summed E-state index contributed by atoms with van der Waals surface area (Å²) in [6.45, 7) is 3.08. The molecule has 1 amide bonds. The molecule has 3 heterocycles. The molecule has 9 nitrogen and oxygen atoms in total. The number of benzene rings is 2. The summed E-state index contributed by atoms with van der Waals surface area (Å²) >= 11 is 0. The Balaban J connectivity index is 1.32. The van der Waals surface area contributed by atoms with Crippen molar-refractivity contribution < 1.29 is 13.9 Å². The molecule has 0 unspecified atom stereocenters. The van der Waals surface area contributed by atoms with Gasteiger partial charge in [0.2, 0.25) is 17.7 Å². The predicted octanol–water partition coefficient (Wildman–Crippen LogP) is 5.22. The van der Waals surface area contributed by atoms with Crippen LogP contribution in [0, 0.1) is 12.7 Å². The van der Waals surface area contributed by atoms with Crippen LogP contribution in [-0.4, -0.2) is 41.1 Å². The fourth-order valence-electron chi connectivity index (χ4n) is 5.97. The highest BCUT2D eigenvalue weighted by atomic mass is 19.1. The molecular weight excluding hydrogens is 509 g/mol. The molecule has 0 radical (unpaired) electrons. The van der Waals surface area contributed by atoms with Crippen molar-refractivity contribution in [2.45, 2.75) is 44.4 Å². The zero-order chi connectivity index (χ0) is 27.9. The highest BCUT2D eigenvalue weighted by molar-refractivity contribution is 5.96. The molecule has 5 N–H and O–H groups in total. The van der Waals surface area contributed by atoms with E-state index in [0.717, 1.165) is 54.6 Å². The van der Waals surface area contributed by atoms with Crippen molar-refractivity contribution in [3.8, 4) is 17.0 Å². The summed E-state index contributed by atoms with van der Waals surface area (Å²) in [5.41, 5.74) is 10.5. The number of nitrogens with two attached hydrogens (primary N) is 1. The lowest BCUT2D eigenvalue weighted by molar-refractivity contribution is -0.127. The number of aromatic nitrogens is 3. The number of ether oxygens (including phenoxy) is 1. The van der Waals surface area contributed by atoms with Crippen LogP contribution in [0.15, 0.2) is 42.7 Å². The summed E-state index contributed by atoms with van der Waals surface area (Å²) in [6.07, 6.45) is 8.04. The minimum atomic E-state index is -0.540. The lowest BCUT2D eigenvalue weighted by Crippen LogP contribution is -2.44. The SMILES string of the molecule is CNC(=O)C1(c2ccc(Nc3ncc4c(N)c(F)c(-c5cnc6c(c5C)NCCO6)cc4n3)cc2)CCCCC1. The first-order valence-corrected chi connectivity index (χ1v) is 13.6. The van der Waals surface area contributed by atoms with Crippen LogP contribution in [0.25, 0.3) is 22.0 Å². The number of likely N-dealkylation sites (N-methyl/N-ethyl adjacent to an activating group) is 1. The fourth-order valence-corrected chi connectivity index (χ4v) is 5.97. The number of amides is 1. The summed E-state index contributed by atoms with van der Waals surface area (Å²) in [7, 11) is 1.70. The Kier molecular flexibility index (Phi) is 6.61. The number of carbonyl (C=O) groups is 1. The summed E-state index contributed by atoms with van der Waals surface area (Å²) in [4.78, 5) is 26.3. The Morgan fingerprint density at radius 3 is 2.62 bits per heavy atom. The highest BCUT2D eigenvalue weighted by Gasteiger charge is 2.40.